The van der Waals surface area contributed by atoms with E-state index in [0.717, 1.165) is 16.8 Å². The fourth-order valence-electron chi connectivity index (χ4n) is 2.94. The molecule has 2 aromatic rings. The van der Waals surface area contributed by atoms with Crippen molar-refractivity contribution in [3.63, 3.8) is 0 Å². The summed E-state index contributed by atoms with van der Waals surface area (Å²) in [7, 11) is 0. The van der Waals surface area contributed by atoms with E-state index in [1.807, 2.05) is 40.7 Å². The van der Waals surface area contributed by atoms with Crippen LogP contribution in [0.5, 0.6) is 0 Å². The summed E-state index contributed by atoms with van der Waals surface area (Å²) in [5, 5.41) is 9.67. The van der Waals surface area contributed by atoms with Crippen molar-refractivity contribution in [2.24, 2.45) is 0 Å². The van der Waals surface area contributed by atoms with Crippen LogP contribution >= 0.6 is 0 Å². The van der Waals surface area contributed by atoms with Crippen LogP contribution < -0.4 is 10.6 Å². The molecule has 0 radical (unpaired) electrons. The third-order valence-corrected chi connectivity index (χ3v) is 3.89. The molecule has 0 bridgehead atoms. The molecular weight excluding hydrogens is 306 g/mol. The summed E-state index contributed by atoms with van der Waals surface area (Å²) in [6.07, 6.45) is 0. The zero-order valence-electron chi connectivity index (χ0n) is 14.9. The number of amides is 2. The Morgan fingerprint density at radius 3 is 2.38 bits per heavy atom. The zero-order chi connectivity index (χ0) is 18.1. The van der Waals surface area contributed by atoms with E-state index in [4.69, 9.17) is 4.52 Å². The van der Waals surface area contributed by atoms with Gasteiger partial charge in [-0.25, -0.2) is 0 Å². The van der Waals surface area contributed by atoms with Crippen LogP contribution in [0.4, 0.5) is 5.69 Å². The Kier molecular flexibility index (Phi) is 4.78. The minimum Gasteiger partial charge on any atom is -0.361 e. The molecule has 2 amide bonds. The Labute approximate surface area is 141 Å². The largest absolute Gasteiger partial charge is 0.361 e. The van der Waals surface area contributed by atoms with E-state index in [1.165, 1.54) is 6.92 Å². The Morgan fingerprint density at radius 1 is 1.17 bits per heavy atom. The van der Waals surface area contributed by atoms with Crippen molar-refractivity contribution >= 4 is 17.5 Å². The molecule has 1 heterocycles. The molecule has 1 aromatic heterocycles. The maximum absolute atomic E-state index is 12.8. The second-order valence-electron chi connectivity index (χ2n) is 6.49. The van der Waals surface area contributed by atoms with Gasteiger partial charge in [0.05, 0.1) is 11.2 Å². The average Bonchev–Trinajstić information content (AvgIpc) is 2.79. The SMILES string of the molecule is CC(=O)Nc1ccc(C)c(C(=O)NC(C)(C)c2c(C)noc2C)c1. The molecular formula is C18H23N3O3. The first-order chi connectivity index (χ1) is 11.1. The van der Waals surface area contributed by atoms with Crippen molar-refractivity contribution in [3.05, 3.63) is 46.3 Å². The number of aryl methyl sites for hydroxylation is 3. The maximum Gasteiger partial charge on any atom is 0.252 e. The Morgan fingerprint density at radius 2 is 1.83 bits per heavy atom. The van der Waals surface area contributed by atoms with Gasteiger partial charge in [-0.2, -0.15) is 0 Å². The standard InChI is InChI=1S/C18H23N3O3/c1-10-7-8-14(19-13(4)22)9-15(10)17(23)20-18(5,6)16-11(2)21-24-12(16)3/h7-9H,1-6H3,(H,19,22)(H,20,23). The van der Waals surface area contributed by atoms with E-state index in [-0.39, 0.29) is 11.8 Å². The lowest BCUT2D eigenvalue weighted by molar-refractivity contribution is -0.114. The molecule has 0 saturated carbocycles. The average molecular weight is 329 g/mol. The number of hydrogen-bond acceptors (Lipinski definition) is 4. The highest BCUT2D eigenvalue weighted by molar-refractivity contribution is 5.98. The third kappa shape index (κ3) is 3.64. The summed E-state index contributed by atoms with van der Waals surface area (Å²) >= 11 is 0. The van der Waals surface area contributed by atoms with E-state index >= 15 is 0 Å². The second-order valence-corrected chi connectivity index (χ2v) is 6.49. The Hall–Kier alpha value is -2.63. The molecule has 0 aliphatic carbocycles. The number of carbonyl (C=O) groups excluding carboxylic acids is 2. The fourth-order valence-corrected chi connectivity index (χ4v) is 2.94. The number of carbonyl (C=O) groups is 2. The summed E-state index contributed by atoms with van der Waals surface area (Å²) in [6.45, 7) is 10.8. The van der Waals surface area contributed by atoms with Crippen molar-refractivity contribution in [3.8, 4) is 0 Å². The number of aromatic nitrogens is 1. The van der Waals surface area contributed by atoms with Gasteiger partial charge in [0.1, 0.15) is 5.76 Å². The van der Waals surface area contributed by atoms with Crippen molar-refractivity contribution in [2.75, 3.05) is 5.32 Å². The lowest BCUT2D eigenvalue weighted by Gasteiger charge is -2.27. The molecule has 2 rings (SSSR count). The highest BCUT2D eigenvalue weighted by Gasteiger charge is 2.30. The summed E-state index contributed by atoms with van der Waals surface area (Å²) in [4.78, 5) is 24.0. The lowest BCUT2D eigenvalue weighted by Crippen LogP contribution is -2.42. The van der Waals surface area contributed by atoms with Gasteiger partial charge in [0.2, 0.25) is 5.91 Å². The topological polar surface area (TPSA) is 84.2 Å². The van der Waals surface area contributed by atoms with E-state index in [0.29, 0.717) is 17.0 Å². The summed E-state index contributed by atoms with van der Waals surface area (Å²) in [5.74, 6) is 0.285. The highest BCUT2D eigenvalue weighted by atomic mass is 16.5. The van der Waals surface area contributed by atoms with Gasteiger partial charge in [0.25, 0.3) is 5.91 Å². The Bertz CT molecular complexity index is 771. The van der Waals surface area contributed by atoms with E-state index < -0.39 is 5.54 Å². The van der Waals surface area contributed by atoms with E-state index in [2.05, 4.69) is 15.8 Å². The van der Waals surface area contributed by atoms with Crippen LogP contribution in [0.15, 0.2) is 22.7 Å². The molecule has 0 saturated heterocycles. The van der Waals surface area contributed by atoms with Gasteiger partial charge in [-0.3, -0.25) is 9.59 Å². The first-order valence-electron chi connectivity index (χ1n) is 7.76. The van der Waals surface area contributed by atoms with Crippen LogP contribution in [-0.2, 0) is 10.3 Å². The second kappa shape index (κ2) is 6.47. The van der Waals surface area contributed by atoms with Crippen molar-refractivity contribution in [2.45, 2.75) is 47.1 Å². The fraction of sp³-hybridized carbons (Fsp3) is 0.389. The number of benzene rings is 1. The van der Waals surface area contributed by atoms with Crippen LogP contribution in [0, 0.1) is 20.8 Å². The monoisotopic (exact) mass is 329 g/mol. The van der Waals surface area contributed by atoms with Crippen LogP contribution in [0.2, 0.25) is 0 Å². The molecule has 6 nitrogen and oxygen atoms in total. The Balaban J connectivity index is 2.31. The van der Waals surface area contributed by atoms with Gasteiger partial charge in [-0.15, -0.1) is 0 Å². The minimum absolute atomic E-state index is 0.179. The maximum atomic E-state index is 12.8. The normalized spacial score (nSPS) is 11.2. The molecule has 0 fully saturated rings. The molecule has 0 spiro atoms. The van der Waals surface area contributed by atoms with Gasteiger partial charge >= 0.3 is 0 Å². The molecule has 0 atom stereocenters. The van der Waals surface area contributed by atoms with Crippen LogP contribution in [0.3, 0.4) is 0 Å². The van der Waals surface area contributed by atoms with Crippen LogP contribution in [0.25, 0.3) is 0 Å². The predicted molar refractivity (Wildman–Crippen MR) is 92.0 cm³/mol. The number of hydrogen-bond donors (Lipinski definition) is 2. The molecule has 1 aromatic carbocycles. The van der Waals surface area contributed by atoms with Gasteiger partial charge in [0, 0.05) is 23.7 Å². The number of nitrogens with zero attached hydrogens (tertiary/aromatic N) is 1. The number of rotatable bonds is 4. The molecule has 24 heavy (non-hydrogen) atoms. The smallest absolute Gasteiger partial charge is 0.252 e. The minimum atomic E-state index is -0.637. The molecule has 0 aliphatic rings. The predicted octanol–water partition coefficient (Wildman–Crippen LogP) is 3.22. The third-order valence-electron chi connectivity index (χ3n) is 3.89. The molecule has 128 valence electrons. The molecule has 2 N–H and O–H groups in total. The van der Waals surface area contributed by atoms with Crippen LogP contribution in [0.1, 0.15) is 53.7 Å². The first kappa shape index (κ1) is 17.7. The number of nitrogens with one attached hydrogen (secondary N) is 2. The van der Waals surface area contributed by atoms with Crippen molar-refractivity contribution in [1.82, 2.24) is 10.5 Å². The first-order valence-corrected chi connectivity index (χ1v) is 7.76. The van der Waals surface area contributed by atoms with Gasteiger partial charge < -0.3 is 15.2 Å². The van der Waals surface area contributed by atoms with Gasteiger partial charge in [0.15, 0.2) is 0 Å². The van der Waals surface area contributed by atoms with Crippen molar-refractivity contribution in [1.29, 1.82) is 0 Å². The van der Waals surface area contributed by atoms with Crippen LogP contribution in [-0.4, -0.2) is 17.0 Å². The van der Waals surface area contributed by atoms with Gasteiger partial charge in [-0.05, 0) is 52.3 Å². The summed E-state index contributed by atoms with van der Waals surface area (Å²) in [6, 6.07) is 5.26. The number of anilines is 1. The van der Waals surface area contributed by atoms with Gasteiger partial charge in [-0.1, -0.05) is 11.2 Å². The molecule has 0 unspecified atom stereocenters. The molecule has 0 aliphatic heterocycles. The summed E-state index contributed by atoms with van der Waals surface area (Å²) < 4.78 is 5.21. The van der Waals surface area contributed by atoms with E-state index in [9.17, 15) is 9.59 Å². The quantitative estimate of drug-likeness (QED) is 0.902. The summed E-state index contributed by atoms with van der Waals surface area (Å²) in [5.41, 5.74) is 2.92. The zero-order valence-corrected chi connectivity index (χ0v) is 14.9. The highest BCUT2D eigenvalue weighted by Crippen LogP contribution is 2.27. The van der Waals surface area contributed by atoms with E-state index in [1.54, 1.807) is 12.1 Å². The lowest BCUT2D eigenvalue weighted by atomic mass is 9.92. The van der Waals surface area contributed by atoms with Crippen molar-refractivity contribution < 1.29 is 14.1 Å². The molecule has 6 heteroatoms.